The maximum atomic E-state index is 12.5. The Balaban J connectivity index is 1.55. The van der Waals surface area contributed by atoms with Gasteiger partial charge in [-0.3, -0.25) is 19.1 Å². The molecule has 3 heterocycles. The fourth-order valence-corrected chi connectivity index (χ4v) is 2.87. The summed E-state index contributed by atoms with van der Waals surface area (Å²) in [6.07, 6.45) is 6.48. The molecule has 2 aromatic rings. The summed E-state index contributed by atoms with van der Waals surface area (Å²) in [4.78, 5) is 34.6. The molecule has 3 rings (SSSR count). The molecule has 132 valence electrons. The van der Waals surface area contributed by atoms with Crippen molar-refractivity contribution in [3.8, 4) is 5.75 Å². The van der Waals surface area contributed by atoms with Crippen LogP contribution in [0, 0.1) is 13.8 Å². The fourth-order valence-electron chi connectivity index (χ4n) is 2.87. The van der Waals surface area contributed by atoms with Gasteiger partial charge < -0.3 is 9.64 Å². The van der Waals surface area contributed by atoms with Gasteiger partial charge in [0, 0.05) is 49.6 Å². The maximum Gasteiger partial charge on any atom is 0.256 e. The molecule has 1 aliphatic rings. The van der Waals surface area contributed by atoms with Crippen LogP contribution in [0.3, 0.4) is 0 Å². The third-order valence-corrected chi connectivity index (χ3v) is 4.57. The molecule has 0 N–H and O–H groups in total. The summed E-state index contributed by atoms with van der Waals surface area (Å²) in [5.41, 5.74) is 1.12. The highest BCUT2D eigenvalue weighted by Gasteiger charge is 2.24. The minimum absolute atomic E-state index is 0.0306. The van der Waals surface area contributed by atoms with Gasteiger partial charge in [-0.25, -0.2) is 4.98 Å². The number of likely N-dealkylation sites (tertiary alicyclic amines) is 1. The first kappa shape index (κ1) is 17.1. The Kier molecular flexibility index (Phi) is 5.11. The zero-order valence-electron chi connectivity index (χ0n) is 14.5. The molecule has 2 aromatic heterocycles. The van der Waals surface area contributed by atoms with Gasteiger partial charge in [0.2, 0.25) is 5.91 Å². The zero-order valence-corrected chi connectivity index (χ0v) is 14.5. The summed E-state index contributed by atoms with van der Waals surface area (Å²) < 4.78 is 7.29. The summed E-state index contributed by atoms with van der Waals surface area (Å²) in [5, 5.41) is 0. The molecule has 0 radical (unpaired) electrons. The molecular formula is C18H22N4O3. The predicted molar refractivity (Wildman–Crippen MR) is 92.4 cm³/mol. The lowest BCUT2D eigenvalue weighted by atomic mass is 10.1. The second-order valence-electron chi connectivity index (χ2n) is 6.27. The lowest BCUT2D eigenvalue weighted by Gasteiger charge is -2.32. The first-order chi connectivity index (χ1) is 12.0. The molecule has 0 saturated carbocycles. The lowest BCUT2D eigenvalue weighted by Crippen LogP contribution is -2.44. The molecule has 0 bridgehead atoms. The van der Waals surface area contributed by atoms with Gasteiger partial charge in [-0.1, -0.05) is 0 Å². The number of hydrogen-bond donors (Lipinski definition) is 0. The van der Waals surface area contributed by atoms with Gasteiger partial charge in [-0.15, -0.1) is 0 Å². The number of aryl methyl sites for hydroxylation is 1. The summed E-state index contributed by atoms with van der Waals surface area (Å²) in [6, 6.07) is 3.66. The van der Waals surface area contributed by atoms with Crippen LogP contribution in [-0.4, -0.2) is 44.5 Å². The molecular weight excluding hydrogens is 320 g/mol. The number of pyridine rings is 1. The quantitative estimate of drug-likeness (QED) is 0.838. The number of carbonyl (C=O) groups excluding carboxylic acids is 1. The van der Waals surface area contributed by atoms with Crippen molar-refractivity contribution in [1.29, 1.82) is 0 Å². The molecule has 0 spiro atoms. The molecule has 0 atom stereocenters. The minimum atomic E-state index is -0.156. The van der Waals surface area contributed by atoms with Crippen LogP contribution in [0.15, 0.2) is 35.6 Å². The van der Waals surface area contributed by atoms with E-state index in [2.05, 4.69) is 9.97 Å². The molecule has 0 unspecified atom stereocenters. The van der Waals surface area contributed by atoms with Crippen molar-refractivity contribution < 1.29 is 9.53 Å². The summed E-state index contributed by atoms with van der Waals surface area (Å²) >= 11 is 0. The van der Waals surface area contributed by atoms with Gasteiger partial charge in [0.1, 0.15) is 18.4 Å². The molecule has 1 aliphatic heterocycles. The monoisotopic (exact) mass is 342 g/mol. The topological polar surface area (TPSA) is 77.3 Å². The van der Waals surface area contributed by atoms with Crippen molar-refractivity contribution in [2.45, 2.75) is 39.3 Å². The van der Waals surface area contributed by atoms with Crippen LogP contribution in [-0.2, 0) is 11.3 Å². The normalized spacial score (nSPS) is 15.2. The average molecular weight is 342 g/mol. The molecule has 0 aliphatic carbocycles. The second-order valence-corrected chi connectivity index (χ2v) is 6.27. The highest BCUT2D eigenvalue weighted by Crippen LogP contribution is 2.18. The summed E-state index contributed by atoms with van der Waals surface area (Å²) in [5.74, 6) is 0.738. The minimum Gasteiger partial charge on any atom is -0.490 e. The van der Waals surface area contributed by atoms with E-state index in [0.717, 1.165) is 18.6 Å². The van der Waals surface area contributed by atoms with E-state index in [-0.39, 0.29) is 24.1 Å². The van der Waals surface area contributed by atoms with Gasteiger partial charge in [-0.05, 0) is 26.0 Å². The number of ether oxygens (including phenoxy) is 1. The predicted octanol–water partition coefficient (Wildman–Crippen LogP) is 1.33. The third-order valence-electron chi connectivity index (χ3n) is 4.57. The molecule has 1 fully saturated rings. The largest absolute Gasteiger partial charge is 0.490 e. The Bertz CT molecular complexity index is 796. The number of nitrogens with zero attached hydrogens (tertiary/aromatic N) is 4. The van der Waals surface area contributed by atoms with E-state index in [1.54, 1.807) is 31.1 Å². The third kappa shape index (κ3) is 4.04. The number of aromatic nitrogens is 3. The van der Waals surface area contributed by atoms with E-state index in [1.807, 2.05) is 12.1 Å². The maximum absolute atomic E-state index is 12.5. The van der Waals surface area contributed by atoms with Gasteiger partial charge in [0.05, 0.1) is 6.33 Å². The van der Waals surface area contributed by atoms with Gasteiger partial charge in [0.25, 0.3) is 5.56 Å². The first-order valence-corrected chi connectivity index (χ1v) is 8.41. The van der Waals surface area contributed by atoms with E-state index in [1.165, 1.54) is 10.9 Å². The Morgan fingerprint density at radius 3 is 2.60 bits per heavy atom. The van der Waals surface area contributed by atoms with Gasteiger partial charge in [0.15, 0.2) is 0 Å². The van der Waals surface area contributed by atoms with Crippen molar-refractivity contribution in [2.75, 3.05) is 13.1 Å². The van der Waals surface area contributed by atoms with Crippen LogP contribution < -0.4 is 10.3 Å². The van der Waals surface area contributed by atoms with Crippen molar-refractivity contribution in [3.05, 3.63) is 52.5 Å². The zero-order chi connectivity index (χ0) is 17.8. The van der Waals surface area contributed by atoms with E-state index < -0.39 is 0 Å². The summed E-state index contributed by atoms with van der Waals surface area (Å²) in [6.45, 7) is 4.80. The SMILES string of the molecule is Cc1ncn(CC(=O)N2CCC(Oc3ccncc3)CC2)c(=O)c1C. The Labute approximate surface area is 146 Å². The molecule has 7 nitrogen and oxygen atoms in total. The Morgan fingerprint density at radius 2 is 1.92 bits per heavy atom. The van der Waals surface area contributed by atoms with E-state index >= 15 is 0 Å². The van der Waals surface area contributed by atoms with Crippen molar-refractivity contribution >= 4 is 5.91 Å². The summed E-state index contributed by atoms with van der Waals surface area (Å²) in [7, 11) is 0. The van der Waals surface area contributed by atoms with Crippen LogP contribution in [0.2, 0.25) is 0 Å². The number of amides is 1. The Morgan fingerprint density at radius 1 is 1.24 bits per heavy atom. The van der Waals surface area contributed by atoms with Crippen molar-refractivity contribution in [3.63, 3.8) is 0 Å². The molecule has 7 heteroatoms. The molecule has 0 aromatic carbocycles. The van der Waals surface area contributed by atoms with Crippen LogP contribution in [0.25, 0.3) is 0 Å². The number of carbonyl (C=O) groups is 1. The van der Waals surface area contributed by atoms with Crippen LogP contribution in [0.4, 0.5) is 0 Å². The highest BCUT2D eigenvalue weighted by atomic mass is 16.5. The standard InChI is InChI=1S/C18H22N4O3/c1-13-14(2)20-12-22(18(13)24)11-17(23)21-9-5-16(6-10-21)25-15-3-7-19-8-4-15/h3-4,7-8,12,16H,5-6,9-11H2,1-2H3. The Hall–Kier alpha value is -2.70. The smallest absolute Gasteiger partial charge is 0.256 e. The number of hydrogen-bond acceptors (Lipinski definition) is 5. The molecule has 25 heavy (non-hydrogen) atoms. The van der Waals surface area contributed by atoms with E-state index in [4.69, 9.17) is 4.74 Å². The first-order valence-electron chi connectivity index (χ1n) is 8.41. The molecule has 1 saturated heterocycles. The van der Waals surface area contributed by atoms with Crippen LogP contribution >= 0.6 is 0 Å². The average Bonchev–Trinajstić information content (AvgIpc) is 2.63. The van der Waals surface area contributed by atoms with Gasteiger partial charge >= 0.3 is 0 Å². The van der Waals surface area contributed by atoms with E-state index in [9.17, 15) is 9.59 Å². The highest BCUT2D eigenvalue weighted by molar-refractivity contribution is 5.76. The lowest BCUT2D eigenvalue weighted by molar-refractivity contribution is -0.133. The second kappa shape index (κ2) is 7.46. The van der Waals surface area contributed by atoms with E-state index in [0.29, 0.717) is 24.3 Å². The fraction of sp³-hybridized carbons (Fsp3) is 0.444. The molecule has 1 amide bonds. The van der Waals surface area contributed by atoms with Gasteiger partial charge in [-0.2, -0.15) is 0 Å². The van der Waals surface area contributed by atoms with Crippen molar-refractivity contribution in [1.82, 2.24) is 19.4 Å². The number of rotatable bonds is 4. The van der Waals surface area contributed by atoms with Crippen molar-refractivity contribution in [2.24, 2.45) is 0 Å². The van der Waals surface area contributed by atoms with Crippen LogP contribution in [0.5, 0.6) is 5.75 Å². The number of piperidine rings is 1. The van der Waals surface area contributed by atoms with Crippen LogP contribution in [0.1, 0.15) is 24.1 Å².